The number of aromatic nitrogens is 3. The molecule has 0 radical (unpaired) electrons. The van der Waals surface area contributed by atoms with Gasteiger partial charge in [0, 0.05) is 18.5 Å². The van der Waals surface area contributed by atoms with Gasteiger partial charge in [0.25, 0.3) is 0 Å². The highest BCUT2D eigenvalue weighted by Crippen LogP contribution is 2.20. The summed E-state index contributed by atoms with van der Waals surface area (Å²) in [5, 5.41) is 8.19. The Morgan fingerprint density at radius 1 is 1.32 bits per heavy atom. The second kappa shape index (κ2) is 6.68. The summed E-state index contributed by atoms with van der Waals surface area (Å²) >= 11 is 6.23. The van der Waals surface area contributed by atoms with Crippen LogP contribution in [0.2, 0.25) is 5.02 Å². The molecular formula is C14H19ClN4. The van der Waals surface area contributed by atoms with E-state index in [0.717, 1.165) is 30.2 Å². The Balaban J connectivity index is 2.08. The fourth-order valence-corrected chi connectivity index (χ4v) is 2.46. The predicted molar refractivity (Wildman–Crippen MR) is 77.3 cm³/mol. The first-order valence-corrected chi connectivity index (χ1v) is 6.79. The molecule has 1 aromatic carbocycles. The molecule has 19 heavy (non-hydrogen) atoms. The van der Waals surface area contributed by atoms with Crippen molar-refractivity contribution in [2.75, 3.05) is 13.6 Å². The average Bonchev–Trinajstić information content (AvgIpc) is 2.78. The van der Waals surface area contributed by atoms with E-state index in [-0.39, 0.29) is 0 Å². The molecule has 4 nitrogen and oxygen atoms in total. The summed E-state index contributed by atoms with van der Waals surface area (Å²) in [4.78, 5) is 4.29. The van der Waals surface area contributed by atoms with E-state index in [1.165, 1.54) is 5.56 Å². The lowest BCUT2D eigenvalue weighted by Gasteiger charge is -2.16. The standard InChI is InChI=1S/C14H19ClN4/c1-16-9-11(8-14-17-10-18-19(14)2)7-12-5-3-4-6-13(12)15/h3-6,10-11,16H,7-9H2,1-2H3. The molecule has 5 heteroatoms. The van der Waals surface area contributed by atoms with Gasteiger partial charge in [0.2, 0.25) is 0 Å². The van der Waals surface area contributed by atoms with E-state index in [1.807, 2.05) is 37.0 Å². The van der Waals surface area contributed by atoms with E-state index in [9.17, 15) is 0 Å². The molecule has 2 aromatic rings. The number of nitrogens with one attached hydrogen (secondary N) is 1. The van der Waals surface area contributed by atoms with E-state index in [0.29, 0.717) is 5.92 Å². The number of rotatable bonds is 6. The van der Waals surface area contributed by atoms with E-state index in [4.69, 9.17) is 11.6 Å². The quantitative estimate of drug-likeness (QED) is 0.880. The summed E-state index contributed by atoms with van der Waals surface area (Å²) in [5.74, 6) is 1.46. The molecule has 1 aromatic heterocycles. The lowest BCUT2D eigenvalue weighted by Crippen LogP contribution is -2.24. The van der Waals surface area contributed by atoms with Gasteiger partial charge in [-0.1, -0.05) is 29.8 Å². The van der Waals surface area contributed by atoms with Gasteiger partial charge in [0.1, 0.15) is 12.2 Å². The highest BCUT2D eigenvalue weighted by atomic mass is 35.5. The average molecular weight is 279 g/mol. The van der Waals surface area contributed by atoms with Crippen molar-refractivity contribution in [2.24, 2.45) is 13.0 Å². The maximum atomic E-state index is 6.23. The molecular weight excluding hydrogens is 260 g/mol. The van der Waals surface area contributed by atoms with Crippen LogP contribution in [0.15, 0.2) is 30.6 Å². The zero-order chi connectivity index (χ0) is 13.7. The van der Waals surface area contributed by atoms with Crippen molar-refractivity contribution in [2.45, 2.75) is 12.8 Å². The van der Waals surface area contributed by atoms with Crippen LogP contribution in [0.5, 0.6) is 0 Å². The maximum absolute atomic E-state index is 6.23. The highest BCUT2D eigenvalue weighted by molar-refractivity contribution is 6.31. The minimum atomic E-state index is 0.452. The van der Waals surface area contributed by atoms with Crippen molar-refractivity contribution in [1.29, 1.82) is 0 Å². The van der Waals surface area contributed by atoms with Gasteiger partial charge in [0.15, 0.2) is 0 Å². The van der Waals surface area contributed by atoms with Crippen LogP contribution in [-0.4, -0.2) is 28.4 Å². The second-order valence-electron chi connectivity index (χ2n) is 4.72. The van der Waals surface area contributed by atoms with Gasteiger partial charge >= 0.3 is 0 Å². The summed E-state index contributed by atoms with van der Waals surface area (Å²) in [6, 6.07) is 8.01. The summed E-state index contributed by atoms with van der Waals surface area (Å²) < 4.78 is 1.83. The fraction of sp³-hybridized carbons (Fsp3) is 0.429. The molecule has 0 saturated heterocycles. The van der Waals surface area contributed by atoms with Crippen LogP contribution in [0.1, 0.15) is 11.4 Å². The molecule has 1 N–H and O–H groups in total. The van der Waals surface area contributed by atoms with E-state index < -0.39 is 0 Å². The monoisotopic (exact) mass is 278 g/mol. The number of hydrogen-bond donors (Lipinski definition) is 1. The molecule has 102 valence electrons. The number of hydrogen-bond acceptors (Lipinski definition) is 3. The third-order valence-corrected chi connectivity index (χ3v) is 3.60. The van der Waals surface area contributed by atoms with Crippen molar-refractivity contribution in [3.63, 3.8) is 0 Å². The van der Waals surface area contributed by atoms with Crippen molar-refractivity contribution >= 4 is 11.6 Å². The third kappa shape index (κ3) is 3.78. The van der Waals surface area contributed by atoms with Gasteiger partial charge < -0.3 is 5.32 Å². The number of aryl methyl sites for hydroxylation is 1. The first kappa shape index (κ1) is 14.0. The van der Waals surface area contributed by atoms with Crippen molar-refractivity contribution in [3.8, 4) is 0 Å². The van der Waals surface area contributed by atoms with Crippen LogP contribution < -0.4 is 5.32 Å². The van der Waals surface area contributed by atoms with E-state index in [1.54, 1.807) is 6.33 Å². The van der Waals surface area contributed by atoms with Gasteiger partial charge in [-0.05, 0) is 37.6 Å². The molecule has 0 aliphatic carbocycles. The smallest absolute Gasteiger partial charge is 0.138 e. The van der Waals surface area contributed by atoms with Crippen LogP contribution in [0.25, 0.3) is 0 Å². The maximum Gasteiger partial charge on any atom is 0.138 e. The molecule has 0 spiro atoms. The lowest BCUT2D eigenvalue weighted by molar-refractivity contribution is 0.471. The van der Waals surface area contributed by atoms with Crippen molar-refractivity contribution < 1.29 is 0 Å². The lowest BCUT2D eigenvalue weighted by atomic mass is 9.95. The minimum absolute atomic E-state index is 0.452. The van der Waals surface area contributed by atoms with Gasteiger partial charge in [-0.3, -0.25) is 4.68 Å². The van der Waals surface area contributed by atoms with Crippen molar-refractivity contribution in [1.82, 2.24) is 20.1 Å². The van der Waals surface area contributed by atoms with E-state index in [2.05, 4.69) is 21.5 Å². The molecule has 0 aliphatic heterocycles. The van der Waals surface area contributed by atoms with Crippen LogP contribution in [-0.2, 0) is 19.9 Å². The Kier molecular flexibility index (Phi) is 4.93. The Hall–Kier alpha value is -1.39. The Morgan fingerprint density at radius 2 is 2.11 bits per heavy atom. The number of halogens is 1. The molecule has 0 fully saturated rings. The molecule has 0 aliphatic rings. The summed E-state index contributed by atoms with van der Waals surface area (Å²) in [6.45, 7) is 0.929. The predicted octanol–water partition coefficient (Wildman–Crippen LogP) is 2.09. The molecule has 0 bridgehead atoms. The highest BCUT2D eigenvalue weighted by Gasteiger charge is 2.14. The van der Waals surface area contributed by atoms with E-state index >= 15 is 0 Å². The largest absolute Gasteiger partial charge is 0.319 e. The number of nitrogens with zero attached hydrogens (tertiary/aromatic N) is 3. The molecule has 2 rings (SSSR count). The first-order valence-electron chi connectivity index (χ1n) is 6.41. The minimum Gasteiger partial charge on any atom is -0.319 e. The van der Waals surface area contributed by atoms with Crippen LogP contribution in [0.4, 0.5) is 0 Å². The summed E-state index contributed by atoms with van der Waals surface area (Å²) in [5.41, 5.74) is 1.19. The van der Waals surface area contributed by atoms with Crippen molar-refractivity contribution in [3.05, 3.63) is 47.0 Å². The van der Waals surface area contributed by atoms with Crippen LogP contribution in [0, 0.1) is 5.92 Å². The topological polar surface area (TPSA) is 42.7 Å². The first-order chi connectivity index (χ1) is 9.20. The van der Waals surface area contributed by atoms with Gasteiger partial charge in [-0.2, -0.15) is 5.10 Å². The summed E-state index contributed by atoms with van der Waals surface area (Å²) in [7, 11) is 3.89. The Labute approximate surface area is 118 Å². The summed E-state index contributed by atoms with van der Waals surface area (Å²) in [6.07, 6.45) is 3.43. The molecule has 1 atom stereocenters. The number of benzene rings is 1. The Bertz CT molecular complexity index is 524. The van der Waals surface area contributed by atoms with Gasteiger partial charge in [-0.25, -0.2) is 4.98 Å². The molecule has 1 heterocycles. The molecule has 0 amide bonds. The molecule has 0 saturated carbocycles. The zero-order valence-corrected chi connectivity index (χ0v) is 12.1. The molecule has 1 unspecified atom stereocenters. The SMILES string of the molecule is CNCC(Cc1ccccc1Cl)Cc1ncnn1C. The normalized spacial score (nSPS) is 12.6. The Morgan fingerprint density at radius 3 is 2.74 bits per heavy atom. The van der Waals surface area contributed by atoms with Crippen LogP contribution in [0.3, 0.4) is 0 Å². The third-order valence-electron chi connectivity index (χ3n) is 3.24. The fourth-order valence-electron chi connectivity index (χ4n) is 2.24. The van der Waals surface area contributed by atoms with Gasteiger partial charge in [-0.15, -0.1) is 0 Å². The zero-order valence-electron chi connectivity index (χ0n) is 11.3. The van der Waals surface area contributed by atoms with Gasteiger partial charge in [0.05, 0.1) is 0 Å². The van der Waals surface area contributed by atoms with Crippen LogP contribution >= 0.6 is 11.6 Å². The second-order valence-corrected chi connectivity index (χ2v) is 5.13.